The van der Waals surface area contributed by atoms with Crippen LogP contribution in [0.4, 0.5) is 0 Å². The Labute approximate surface area is 158 Å². The van der Waals surface area contributed by atoms with Crippen LogP contribution in [0, 0.1) is 5.92 Å². The summed E-state index contributed by atoms with van der Waals surface area (Å²) in [4.78, 5) is 18.9. The van der Waals surface area contributed by atoms with Gasteiger partial charge in [-0.3, -0.25) is 9.36 Å². The molecule has 1 aromatic carbocycles. The lowest BCUT2D eigenvalue weighted by Crippen LogP contribution is -3.15. The minimum absolute atomic E-state index is 0.0000871. The van der Waals surface area contributed by atoms with Gasteiger partial charge in [0.15, 0.2) is 5.16 Å². The van der Waals surface area contributed by atoms with Crippen molar-refractivity contribution in [3.63, 3.8) is 0 Å². The maximum Gasteiger partial charge on any atom is 0.262 e. The molecule has 0 radical (unpaired) electrons. The Bertz CT molecular complexity index is 787. The van der Waals surface area contributed by atoms with Crippen molar-refractivity contribution in [1.29, 1.82) is 0 Å². The van der Waals surface area contributed by atoms with E-state index in [1.807, 2.05) is 24.3 Å². The molecule has 1 saturated heterocycles. The van der Waals surface area contributed by atoms with E-state index in [1.54, 1.807) is 4.57 Å². The molecule has 26 heavy (non-hydrogen) atoms. The largest absolute Gasteiger partial charge is 0.386 e. The van der Waals surface area contributed by atoms with E-state index in [4.69, 9.17) is 9.72 Å². The number of quaternary nitrogens is 1. The van der Waals surface area contributed by atoms with Gasteiger partial charge in [-0.05, 0) is 18.1 Å². The zero-order valence-corrected chi connectivity index (χ0v) is 16.3. The third-order valence-electron chi connectivity index (χ3n) is 4.50. The third-order valence-corrected chi connectivity index (χ3v) is 5.62. The number of nitrogens with one attached hydrogen (secondary N) is 1. The highest BCUT2D eigenvalue weighted by Crippen LogP contribution is 2.19. The molecule has 3 rings (SSSR count). The van der Waals surface area contributed by atoms with Gasteiger partial charge in [-0.2, -0.15) is 0 Å². The van der Waals surface area contributed by atoms with Gasteiger partial charge in [0.1, 0.15) is 25.7 Å². The maximum absolute atomic E-state index is 12.9. The van der Waals surface area contributed by atoms with Crippen LogP contribution in [0.3, 0.4) is 0 Å². The van der Waals surface area contributed by atoms with E-state index in [0.717, 1.165) is 26.3 Å². The number of aliphatic hydroxyl groups excluding tert-OH is 1. The first kappa shape index (κ1) is 19.4. The second-order valence-electron chi connectivity index (χ2n) is 7.25. The maximum atomic E-state index is 12.9. The second kappa shape index (κ2) is 8.99. The number of hydrogen-bond acceptors (Lipinski definition) is 5. The number of benzene rings is 1. The summed E-state index contributed by atoms with van der Waals surface area (Å²) in [6.07, 6.45) is -0.427. The van der Waals surface area contributed by atoms with Crippen LogP contribution in [-0.2, 0) is 11.3 Å². The van der Waals surface area contributed by atoms with Crippen molar-refractivity contribution in [1.82, 2.24) is 9.55 Å². The minimum atomic E-state index is -0.427. The number of thioether (sulfide) groups is 1. The summed E-state index contributed by atoms with van der Waals surface area (Å²) in [5.41, 5.74) is 0.716. The number of aromatic nitrogens is 2. The Kier molecular flexibility index (Phi) is 6.69. The lowest BCUT2D eigenvalue weighted by Gasteiger charge is -2.25. The molecular formula is C19H28N3O3S+. The molecule has 2 aromatic rings. The van der Waals surface area contributed by atoms with E-state index in [1.165, 1.54) is 16.7 Å². The number of aliphatic hydroxyl groups is 1. The Morgan fingerprint density at radius 1 is 1.31 bits per heavy atom. The Morgan fingerprint density at radius 2 is 2.04 bits per heavy atom. The number of hydrogen-bond donors (Lipinski definition) is 2. The number of morpholine rings is 1. The van der Waals surface area contributed by atoms with E-state index in [9.17, 15) is 9.90 Å². The molecule has 0 spiro atoms. The van der Waals surface area contributed by atoms with Crippen molar-refractivity contribution in [3.05, 3.63) is 34.6 Å². The van der Waals surface area contributed by atoms with Gasteiger partial charge in [0.05, 0.1) is 24.1 Å². The Hall–Kier alpha value is -1.41. The average Bonchev–Trinajstić information content (AvgIpc) is 2.63. The van der Waals surface area contributed by atoms with E-state index < -0.39 is 6.10 Å². The quantitative estimate of drug-likeness (QED) is 0.540. The Balaban J connectivity index is 1.76. The highest BCUT2D eigenvalue weighted by atomic mass is 32.2. The van der Waals surface area contributed by atoms with Crippen LogP contribution in [0.5, 0.6) is 0 Å². The molecule has 0 amide bonds. The number of ether oxygens (including phenoxy) is 1. The van der Waals surface area contributed by atoms with Crippen LogP contribution in [0.1, 0.15) is 13.8 Å². The van der Waals surface area contributed by atoms with E-state index >= 15 is 0 Å². The van der Waals surface area contributed by atoms with Crippen molar-refractivity contribution in [2.45, 2.75) is 31.7 Å². The van der Waals surface area contributed by atoms with Crippen molar-refractivity contribution >= 4 is 22.7 Å². The van der Waals surface area contributed by atoms with Gasteiger partial charge in [-0.15, -0.1) is 0 Å². The van der Waals surface area contributed by atoms with E-state index in [-0.39, 0.29) is 5.56 Å². The van der Waals surface area contributed by atoms with Crippen molar-refractivity contribution in [2.24, 2.45) is 5.92 Å². The molecule has 142 valence electrons. The van der Waals surface area contributed by atoms with Crippen molar-refractivity contribution in [3.8, 4) is 0 Å². The molecule has 1 aromatic heterocycles. The summed E-state index contributed by atoms with van der Waals surface area (Å²) < 4.78 is 7.12. The summed E-state index contributed by atoms with van der Waals surface area (Å²) in [5.74, 6) is 0.880. The van der Waals surface area contributed by atoms with Gasteiger partial charge in [0.25, 0.3) is 5.56 Å². The first-order valence-electron chi connectivity index (χ1n) is 9.26. The third kappa shape index (κ3) is 4.85. The first-order chi connectivity index (χ1) is 12.5. The predicted molar refractivity (Wildman–Crippen MR) is 104 cm³/mol. The summed E-state index contributed by atoms with van der Waals surface area (Å²) >= 11 is 1.47. The molecule has 2 heterocycles. The highest BCUT2D eigenvalue weighted by molar-refractivity contribution is 7.99. The SMILES string of the molecule is CC(C)Cn1c(SC[C@H](O)C[NH+]2CCOCC2)nc2ccccc2c1=O. The van der Waals surface area contributed by atoms with Crippen LogP contribution in [0.2, 0.25) is 0 Å². The van der Waals surface area contributed by atoms with Gasteiger partial charge in [-0.25, -0.2) is 4.98 Å². The van der Waals surface area contributed by atoms with Gasteiger partial charge < -0.3 is 14.7 Å². The van der Waals surface area contributed by atoms with Crippen LogP contribution >= 0.6 is 11.8 Å². The topological polar surface area (TPSA) is 68.8 Å². The smallest absolute Gasteiger partial charge is 0.262 e. The van der Waals surface area contributed by atoms with Crippen LogP contribution in [0.15, 0.2) is 34.2 Å². The molecule has 1 aliphatic rings. The molecule has 0 aliphatic carbocycles. The number of para-hydroxylation sites is 1. The van der Waals surface area contributed by atoms with Crippen molar-refractivity contribution < 1.29 is 14.7 Å². The predicted octanol–water partition coefficient (Wildman–Crippen LogP) is 0.421. The molecule has 2 N–H and O–H groups in total. The normalized spacial score (nSPS) is 17.1. The summed E-state index contributed by atoms with van der Waals surface area (Å²) in [5, 5.41) is 11.8. The fraction of sp³-hybridized carbons (Fsp3) is 0.579. The van der Waals surface area contributed by atoms with Gasteiger partial charge in [-0.1, -0.05) is 37.7 Å². The molecule has 1 atom stereocenters. The average molecular weight is 379 g/mol. The first-order valence-corrected chi connectivity index (χ1v) is 10.2. The van der Waals surface area contributed by atoms with Crippen molar-refractivity contribution in [2.75, 3.05) is 38.6 Å². The lowest BCUT2D eigenvalue weighted by atomic mass is 10.2. The lowest BCUT2D eigenvalue weighted by molar-refractivity contribution is -0.910. The van der Waals surface area contributed by atoms with Crippen LogP contribution < -0.4 is 10.5 Å². The second-order valence-corrected chi connectivity index (χ2v) is 8.24. The van der Waals surface area contributed by atoms with Crippen LogP contribution in [0.25, 0.3) is 10.9 Å². The zero-order valence-electron chi connectivity index (χ0n) is 15.5. The molecule has 0 unspecified atom stereocenters. The summed E-state index contributed by atoms with van der Waals surface area (Å²) in [6, 6.07) is 7.46. The molecule has 0 saturated carbocycles. The monoisotopic (exact) mass is 378 g/mol. The molecular weight excluding hydrogens is 350 g/mol. The van der Waals surface area contributed by atoms with Gasteiger partial charge >= 0.3 is 0 Å². The standard InChI is InChI=1S/C19H27N3O3S/c1-14(2)11-22-18(24)16-5-3-4-6-17(16)20-19(22)26-13-15(23)12-21-7-9-25-10-8-21/h3-6,14-15,23H,7-13H2,1-2H3/p+1/t15-/m1/s1. The van der Waals surface area contributed by atoms with Crippen LogP contribution in [-0.4, -0.2) is 59.4 Å². The summed E-state index contributed by atoms with van der Waals surface area (Å²) in [7, 11) is 0. The zero-order chi connectivity index (χ0) is 18.5. The molecule has 1 fully saturated rings. The Morgan fingerprint density at radius 3 is 2.77 bits per heavy atom. The highest BCUT2D eigenvalue weighted by Gasteiger charge is 2.20. The van der Waals surface area contributed by atoms with E-state index in [0.29, 0.717) is 40.8 Å². The molecule has 6 nitrogen and oxygen atoms in total. The molecule has 1 aliphatic heterocycles. The van der Waals surface area contributed by atoms with Gasteiger partial charge in [0.2, 0.25) is 0 Å². The van der Waals surface area contributed by atoms with E-state index in [2.05, 4.69) is 13.8 Å². The molecule has 0 bridgehead atoms. The van der Waals surface area contributed by atoms with Gasteiger partial charge in [0, 0.05) is 12.3 Å². The minimum Gasteiger partial charge on any atom is -0.386 e. The number of fused-ring (bicyclic) bond motifs is 1. The fourth-order valence-corrected chi connectivity index (χ4v) is 4.15. The fourth-order valence-electron chi connectivity index (χ4n) is 3.21. The molecule has 7 heteroatoms. The number of nitrogens with zero attached hydrogens (tertiary/aromatic N) is 2. The summed E-state index contributed by atoms with van der Waals surface area (Å²) in [6.45, 7) is 8.91. The number of rotatable bonds is 7.